The number of nitrogens with one attached hydrogen (secondary N) is 1. The number of benzene rings is 2. The Morgan fingerprint density at radius 1 is 1.18 bits per heavy atom. The molecule has 1 N–H and O–H groups in total. The first-order chi connectivity index (χ1) is 13.5. The lowest BCUT2D eigenvalue weighted by Crippen LogP contribution is -3.12. The second kappa shape index (κ2) is 8.63. The van der Waals surface area contributed by atoms with Crippen LogP contribution in [-0.2, 0) is 4.79 Å². The van der Waals surface area contributed by atoms with E-state index in [0.29, 0.717) is 10.8 Å². The van der Waals surface area contributed by atoms with Gasteiger partial charge < -0.3 is 9.80 Å². The largest absolute Gasteiger partial charge is 0.346 e. The molecule has 0 bridgehead atoms. The molecule has 0 spiro atoms. The molecule has 4 nitrogen and oxygen atoms in total. The van der Waals surface area contributed by atoms with Gasteiger partial charge in [-0.25, -0.2) is 0 Å². The molecule has 1 fully saturated rings. The molecule has 2 aromatic carbocycles. The van der Waals surface area contributed by atoms with Crippen LogP contribution in [0.3, 0.4) is 0 Å². The van der Waals surface area contributed by atoms with Crippen LogP contribution in [0.1, 0.15) is 0 Å². The Hall–Kier alpha value is -1.25. The standard InChI is InChI=1S/C20H20ClN3OS3/c1-22-8-10-23(11-9-22)20(26)27-13-19(25)24-15-4-2-3-5-17(15)28-18-7-6-14(21)12-16(18)24/h2-7,12H,8-11,13H2,1H3/p+1. The lowest BCUT2D eigenvalue weighted by molar-refractivity contribution is -0.883. The molecular formula is C20H21ClN3OS3+. The molecule has 1 saturated heterocycles. The summed E-state index contributed by atoms with van der Waals surface area (Å²) < 4.78 is 0.812. The first-order valence-electron chi connectivity index (χ1n) is 9.15. The van der Waals surface area contributed by atoms with E-state index >= 15 is 0 Å². The molecule has 4 rings (SSSR count). The van der Waals surface area contributed by atoms with Crippen LogP contribution in [0.2, 0.25) is 5.02 Å². The fourth-order valence-corrected chi connectivity index (χ4v) is 5.65. The number of fused-ring (bicyclic) bond motifs is 2. The van der Waals surface area contributed by atoms with Gasteiger partial charge in [0.1, 0.15) is 4.32 Å². The number of anilines is 2. The van der Waals surface area contributed by atoms with E-state index in [0.717, 1.165) is 51.7 Å². The summed E-state index contributed by atoms with van der Waals surface area (Å²) >= 11 is 14.9. The second-order valence-electron chi connectivity index (χ2n) is 6.91. The van der Waals surface area contributed by atoms with Gasteiger partial charge in [0.2, 0.25) is 5.91 Å². The van der Waals surface area contributed by atoms with Crippen LogP contribution >= 0.6 is 47.3 Å². The molecule has 1 amide bonds. The Labute approximate surface area is 184 Å². The molecule has 0 aromatic heterocycles. The van der Waals surface area contributed by atoms with Crippen molar-refractivity contribution >= 4 is 68.9 Å². The predicted molar refractivity (Wildman–Crippen MR) is 122 cm³/mol. The summed E-state index contributed by atoms with van der Waals surface area (Å²) in [5.74, 6) is 0.326. The number of likely N-dealkylation sites (N-methyl/N-ethyl adjacent to an activating group) is 1. The van der Waals surface area contributed by atoms with Crippen LogP contribution in [-0.4, -0.2) is 54.1 Å². The van der Waals surface area contributed by atoms with Gasteiger partial charge in [-0.3, -0.25) is 9.69 Å². The van der Waals surface area contributed by atoms with Crippen molar-refractivity contribution < 1.29 is 9.69 Å². The highest BCUT2D eigenvalue weighted by Crippen LogP contribution is 2.48. The van der Waals surface area contributed by atoms with Crippen molar-refractivity contribution in [2.45, 2.75) is 9.79 Å². The Morgan fingerprint density at radius 3 is 2.68 bits per heavy atom. The number of carbonyl (C=O) groups excluding carboxylic acids is 1. The third kappa shape index (κ3) is 4.19. The summed E-state index contributed by atoms with van der Waals surface area (Å²) in [4.78, 5) is 20.9. The minimum absolute atomic E-state index is 0.0170. The molecule has 2 aliphatic heterocycles. The molecule has 2 heterocycles. The molecule has 0 saturated carbocycles. The molecule has 0 radical (unpaired) electrons. The predicted octanol–water partition coefficient (Wildman–Crippen LogP) is 3.32. The van der Waals surface area contributed by atoms with Crippen molar-refractivity contribution in [1.82, 2.24) is 4.90 Å². The number of amides is 1. The summed E-state index contributed by atoms with van der Waals surface area (Å²) in [6.07, 6.45) is 0. The van der Waals surface area contributed by atoms with Crippen molar-refractivity contribution in [2.24, 2.45) is 0 Å². The fraction of sp³-hybridized carbons (Fsp3) is 0.300. The molecule has 8 heteroatoms. The van der Waals surface area contributed by atoms with E-state index in [1.165, 1.54) is 16.7 Å². The van der Waals surface area contributed by atoms with Crippen LogP contribution < -0.4 is 9.80 Å². The van der Waals surface area contributed by atoms with Crippen molar-refractivity contribution in [1.29, 1.82) is 0 Å². The highest BCUT2D eigenvalue weighted by molar-refractivity contribution is 8.23. The zero-order chi connectivity index (χ0) is 19.7. The number of rotatable bonds is 2. The minimum Gasteiger partial charge on any atom is -0.346 e. The van der Waals surface area contributed by atoms with Crippen molar-refractivity contribution in [2.75, 3.05) is 43.9 Å². The number of halogens is 1. The highest BCUT2D eigenvalue weighted by Gasteiger charge is 2.29. The summed E-state index contributed by atoms with van der Waals surface area (Å²) in [5.41, 5.74) is 1.75. The maximum Gasteiger partial charge on any atom is 0.242 e. The molecule has 2 aliphatic rings. The third-order valence-electron chi connectivity index (χ3n) is 4.93. The third-order valence-corrected chi connectivity index (χ3v) is 7.81. The molecule has 2 aromatic rings. The normalized spacial score (nSPS) is 16.5. The first kappa shape index (κ1) is 20.0. The Bertz CT molecular complexity index is 915. The molecular weight excluding hydrogens is 430 g/mol. The van der Waals surface area contributed by atoms with Gasteiger partial charge in [-0.2, -0.15) is 0 Å². The van der Waals surface area contributed by atoms with Gasteiger partial charge in [-0.1, -0.05) is 59.5 Å². The average molecular weight is 451 g/mol. The number of piperazine rings is 1. The number of para-hydroxylation sites is 1. The topological polar surface area (TPSA) is 28.0 Å². The number of hydrogen-bond donors (Lipinski definition) is 1. The van der Waals surface area contributed by atoms with Gasteiger partial charge in [0.15, 0.2) is 0 Å². The highest BCUT2D eigenvalue weighted by atomic mass is 35.5. The number of quaternary nitrogens is 1. The zero-order valence-corrected chi connectivity index (χ0v) is 18.7. The van der Waals surface area contributed by atoms with E-state index in [9.17, 15) is 4.79 Å². The van der Waals surface area contributed by atoms with Crippen LogP contribution in [0.15, 0.2) is 52.3 Å². The maximum atomic E-state index is 13.2. The van der Waals surface area contributed by atoms with Gasteiger partial charge in [-0.15, -0.1) is 0 Å². The summed E-state index contributed by atoms with van der Waals surface area (Å²) in [5, 5.41) is 0.625. The summed E-state index contributed by atoms with van der Waals surface area (Å²) in [6.45, 7) is 4.06. The van der Waals surface area contributed by atoms with E-state index in [4.69, 9.17) is 23.8 Å². The molecule has 0 aliphatic carbocycles. The lowest BCUT2D eigenvalue weighted by atomic mass is 10.2. The Morgan fingerprint density at radius 2 is 1.89 bits per heavy atom. The lowest BCUT2D eigenvalue weighted by Gasteiger charge is -2.33. The van der Waals surface area contributed by atoms with E-state index < -0.39 is 0 Å². The molecule has 28 heavy (non-hydrogen) atoms. The second-order valence-corrected chi connectivity index (χ2v) is 10.0. The summed E-state index contributed by atoms with van der Waals surface area (Å²) in [7, 11) is 2.20. The van der Waals surface area contributed by atoms with Gasteiger partial charge in [0, 0.05) is 14.8 Å². The first-order valence-corrected chi connectivity index (χ1v) is 11.7. The SMILES string of the molecule is C[NH+]1CCN(C(=S)SCC(=O)N2c3ccccc3Sc3ccc(Cl)cc32)CC1. The number of nitrogens with zero attached hydrogens (tertiary/aromatic N) is 2. The molecule has 0 atom stereocenters. The number of hydrogen-bond acceptors (Lipinski definition) is 4. The van der Waals surface area contributed by atoms with Gasteiger partial charge in [0.05, 0.1) is 50.4 Å². The van der Waals surface area contributed by atoms with Crippen molar-refractivity contribution in [3.8, 4) is 0 Å². The van der Waals surface area contributed by atoms with Crippen molar-refractivity contribution in [3.63, 3.8) is 0 Å². The fourth-order valence-electron chi connectivity index (χ4n) is 3.35. The van der Waals surface area contributed by atoms with E-state index in [-0.39, 0.29) is 5.91 Å². The number of thiocarbonyl (C=S) groups is 1. The molecule has 146 valence electrons. The Balaban J connectivity index is 1.52. The monoisotopic (exact) mass is 450 g/mol. The van der Waals surface area contributed by atoms with Gasteiger partial charge in [0.25, 0.3) is 0 Å². The van der Waals surface area contributed by atoms with Crippen LogP contribution in [0.4, 0.5) is 11.4 Å². The summed E-state index contributed by atoms with van der Waals surface area (Å²) in [6, 6.07) is 13.7. The zero-order valence-electron chi connectivity index (χ0n) is 15.5. The average Bonchev–Trinajstić information content (AvgIpc) is 2.70. The van der Waals surface area contributed by atoms with Crippen LogP contribution in [0, 0.1) is 0 Å². The number of thioether (sulfide) groups is 1. The van der Waals surface area contributed by atoms with E-state index in [2.05, 4.69) is 11.9 Å². The quantitative estimate of drug-likeness (QED) is 0.708. The van der Waals surface area contributed by atoms with Crippen LogP contribution in [0.5, 0.6) is 0 Å². The minimum atomic E-state index is 0.0170. The maximum absolute atomic E-state index is 13.2. The van der Waals surface area contributed by atoms with E-state index in [1.807, 2.05) is 42.5 Å². The van der Waals surface area contributed by atoms with E-state index in [1.54, 1.807) is 16.7 Å². The van der Waals surface area contributed by atoms with Gasteiger partial charge in [-0.05, 0) is 30.3 Å². The molecule has 0 unspecified atom stereocenters. The smallest absolute Gasteiger partial charge is 0.242 e. The van der Waals surface area contributed by atoms with Crippen molar-refractivity contribution in [3.05, 3.63) is 47.5 Å². The van der Waals surface area contributed by atoms with Crippen LogP contribution in [0.25, 0.3) is 0 Å². The van der Waals surface area contributed by atoms with Gasteiger partial charge >= 0.3 is 0 Å². The number of carbonyl (C=O) groups is 1. The Kier molecular flexibility index (Phi) is 6.18.